The number of nitrogens with zero attached hydrogens (tertiary/aromatic N) is 2. The molecule has 2 aromatic rings. The van der Waals surface area contributed by atoms with Crippen molar-refractivity contribution < 1.29 is 10.2 Å². The first-order valence-corrected chi connectivity index (χ1v) is 10.1. The topological polar surface area (TPSA) is 58.3 Å². The summed E-state index contributed by atoms with van der Waals surface area (Å²) in [5.41, 5.74) is 3.59. The van der Waals surface area contributed by atoms with Gasteiger partial charge in [0.05, 0.1) is 36.0 Å². The summed E-state index contributed by atoms with van der Waals surface area (Å²) >= 11 is 0. The molecule has 2 N–H and O–H groups in total. The second-order valence-corrected chi connectivity index (χ2v) is 10.0. The minimum absolute atomic E-state index is 0.0353. The summed E-state index contributed by atoms with van der Waals surface area (Å²) in [6.45, 7) is 0. The quantitative estimate of drug-likeness (QED) is 0.896. The number of aliphatic hydroxyl groups excluding tert-OH is 1. The molecule has 6 aliphatic carbocycles. The maximum Gasteiger partial charge on any atom is 0.0956 e. The maximum absolute atomic E-state index is 11.4. The van der Waals surface area contributed by atoms with Gasteiger partial charge >= 0.3 is 0 Å². The zero-order valence-corrected chi connectivity index (χ0v) is 14.8. The minimum atomic E-state index is -0.464. The van der Waals surface area contributed by atoms with Crippen LogP contribution in [-0.2, 0) is 0 Å². The highest BCUT2D eigenvalue weighted by Crippen LogP contribution is 2.86. The molecular formula is C22H24N2O2. The van der Waals surface area contributed by atoms with Crippen LogP contribution in [0.25, 0.3) is 11.3 Å². The Morgan fingerprint density at radius 1 is 1.19 bits per heavy atom. The first-order chi connectivity index (χ1) is 12.5. The van der Waals surface area contributed by atoms with Gasteiger partial charge in [0, 0.05) is 16.9 Å². The smallest absolute Gasteiger partial charge is 0.0956 e. The molecule has 4 heteroatoms. The molecular weight excluding hydrogens is 324 g/mol. The Hall–Kier alpha value is -1.65. The molecule has 9 rings (SSSR count). The summed E-state index contributed by atoms with van der Waals surface area (Å²) in [6.07, 6.45) is 9.75. The van der Waals surface area contributed by atoms with E-state index in [0.717, 1.165) is 37.8 Å². The number of aromatic nitrogens is 2. The van der Waals surface area contributed by atoms with Crippen molar-refractivity contribution in [3.63, 3.8) is 0 Å². The van der Waals surface area contributed by atoms with Crippen LogP contribution in [-0.4, -0.2) is 31.5 Å². The molecule has 1 spiro atoms. The SMILES string of the molecule is OC(CC1c2ccccc2-c2cncn21)C12CC3CC4(O)CC(C3)(C1)C42. The number of aliphatic hydroxyl groups is 2. The molecule has 26 heavy (non-hydrogen) atoms. The Bertz CT molecular complexity index is 929. The average molecular weight is 348 g/mol. The van der Waals surface area contributed by atoms with Gasteiger partial charge in [-0.15, -0.1) is 0 Å². The van der Waals surface area contributed by atoms with Gasteiger partial charge in [0.15, 0.2) is 0 Å². The fraction of sp³-hybridized carbons (Fsp3) is 0.591. The monoisotopic (exact) mass is 348 g/mol. The third-order valence-corrected chi connectivity index (χ3v) is 8.78. The number of hydrogen-bond acceptors (Lipinski definition) is 3. The van der Waals surface area contributed by atoms with E-state index in [1.807, 2.05) is 12.5 Å². The van der Waals surface area contributed by atoms with E-state index in [1.54, 1.807) is 0 Å². The lowest BCUT2D eigenvalue weighted by Crippen LogP contribution is -2.84. The fourth-order valence-corrected chi connectivity index (χ4v) is 8.72. The van der Waals surface area contributed by atoms with Gasteiger partial charge in [0.1, 0.15) is 0 Å². The summed E-state index contributed by atoms with van der Waals surface area (Å²) in [5.74, 6) is 0.975. The number of imidazole rings is 1. The predicted octanol–water partition coefficient (Wildman–Crippen LogP) is 3.15. The normalized spacial score (nSPS) is 46.9. The first-order valence-electron chi connectivity index (χ1n) is 10.1. The molecule has 1 aromatic heterocycles. The second kappa shape index (κ2) is 4.10. The van der Waals surface area contributed by atoms with Crippen LogP contribution in [0.2, 0.25) is 0 Å². The molecule has 6 saturated carbocycles. The lowest BCUT2D eigenvalue weighted by atomic mass is 9.20. The van der Waals surface area contributed by atoms with Crippen molar-refractivity contribution >= 4 is 0 Å². The largest absolute Gasteiger partial charge is 0.392 e. The van der Waals surface area contributed by atoms with Gasteiger partial charge in [-0.3, -0.25) is 0 Å². The van der Waals surface area contributed by atoms with Crippen molar-refractivity contribution in [3.8, 4) is 11.3 Å². The van der Waals surface area contributed by atoms with E-state index in [9.17, 15) is 10.2 Å². The average Bonchev–Trinajstić information content (AvgIpc) is 3.15. The van der Waals surface area contributed by atoms with E-state index in [0.29, 0.717) is 17.3 Å². The lowest BCUT2D eigenvalue weighted by molar-refractivity contribution is -0.413. The first kappa shape index (κ1) is 14.4. The fourth-order valence-electron chi connectivity index (χ4n) is 8.72. The number of hydrogen-bond donors (Lipinski definition) is 2. The Balaban J connectivity index is 1.25. The summed E-state index contributed by atoms with van der Waals surface area (Å²) in [5, 5.41) is 22.5. The Kier molecular flexibility index (Phi) is 2.27. The third-order valence-electron chi connectivity index (χ3n) is 8.78. The minimum Gasteiger partial charge on any atom is -0.392 e. The van der Waals surface area contributed by atoms with Gasteiger partial charge in [-0.2, -0.15) is 0 Å². The molecule has 5 bridgehead atoms. The van der Waals surface area contributed by atoms with Gasteiger partial charge in [0.2, 0.25) is 0 Å². The van der Waals surface area contributed by atoms with E-state index in [-0.39, 0.29) is 17.6 Å². The highest BCUT2D eigenvalue weighted by atomic mass is 16.3. The summed E-state index contributed by atoms with van der Waals surface area (Å²) in [4.78, 5) is 4.35. The third kappa shape index (κ3) is 1.37. The Labute approximate surface area is 152 Å². The highest BCUT2D eigenvalue weighted by Gasteiger charge is 2.84. The van der Waals surface area contributed by atoms with Crippen LogP contribution in [0.15, 0.2) is 36.8 Å². The second-order valence-electron chi connectivity index (χ2n) is 10.0. The molecule has 7 aliphatic rings. The van der Waals surface area contributed by atoms with Crippen molar-refractivity contribution in [3.05, 3.63) is 42.4 Å². The van der Waals surface area contributed by atoms with Gasteiger partial charge in [-0.05, 0) is 55.4 Å². The zero-order chi connectivity index (χ0) is 17.3. The van der Waals surface area contributed by atoms with Crippen molar-refractivity contribution in [2.45, 2.75) is 56.3 Å². The molecule has 134 valence electrons. The van der Waals surface area contributed by atoms with Gasteiger partial charge in [-0.1, -0.05) is 24.3 Å². The van der Waals surface area contributed by atoms with Crippen molar-refractivity contribution in [1.29, 1.82) is 0 Å². The van der Waals surface area contributed by atoms with Crippen molar-refractivity contribution in [2.24, 2.45) is 22.7 Å². The van der Waals surface area contributed by atoms with Crippen molar-refractivity contribution in [1.82, 2.24) is 9.55 Å². The molecule has 6 fully saturated rings. The molecule has 4 nitrogen and oxygen atoms in total. The van der Waals surface area contributed by atoms with E-state index in [2.05, 4.69) is 33.8 Å². The molecule has 1 aliphatic heterocycles. The van der Waals surface area contributed by atoms with Gasteiger partial charge in [0.25, 0.3) is 0 Å². The zero-order valence-electron chi connectivity index (χ0n) is 14.8. The summed E-state index contributed by atoms with van der Waals surface area (Å²) in [7, 11) is 0. The van der Waals surface area contributed by atoms with Crippen molar-refractivity contribution in [2.75, 3.05) is 0 Å². The molecule has 0 amide bonds. The van der Waals surface area contributed by atoms with Crippen LogP contribution in [0.4, 0.5) is 0 Å². The van der Waals surface area contributed by atoms with Gasteiger partial charge < -0.3 is 14.8 Å². The van der Waals surface area contributed by atoms with E-state index in [1.165, 1.54) is 17.5 Å². The maximum atomic E-state index is 11.4. The summed E-state index contributed by atoms with van der Waals surface area (Å²) < 4.78 is 2.23. The van der Waals surface area contributed by atoms with Crippen LogP contribution in [0.1, 0.15) is 50.1 Å². The number of rotatable bonds is 3. The van der Waals surface area contributed by atoms with Crippen LogP contribution >= 0.6 is 0 Å². The number of fused-ring (bicyclic) bond motifs is 3. The molecule has 1 aromatic carbocycles. The predicted molar refractivity (Wildman–Crippen MR) is 96.3 cm³/mol. The molecule has 0 saturated heterocycles. The van der Waals surface area contributed by atoms with E-state index >= 15 is 0 Å². The van der Waals surface area contributed by atoms with Crippen LogP contribution < -0.4 is 0 Å². The van der Waals surface area contributed by atoms with Crippen LogP contribution in [0.5, 0.6) is 0 Å². The molecule has 7 unspecified atom stereocenters. The van der Waals surface area contributed by atoms with E-state index < -0.39 is 5.60 Å². The molecule has 0 radical (unpaired) electrons. The Morgan fingerprint density at radius 3 is 2.92 bits per heavy atom. The Morgan fingerprint density at radius 2 is 2.08 bits per heavy atom. The van der Waals surface area contributed by atoms with Gasteiger partial charge in [-0.25, -0.2) is 4.98 Å². The molecule has 7 atom stereocenters. The number of benzene rings is 1. The standard InChI is InChI=1S/C22H24N2O2/c25-18(21-7-13-6-20(10-21)11-22(26,8-13)19(20)21)5-16-14-3-1-2-4-15(14)17-9-23-12-24(16)17/h1-4,9,12-13,16,18-19,25-26H,5-8,10-11H2. The van der Waals surface area contributed by atoms with Crippen LogP contribution in [0.3, 0.4) is 0 Å². The lowest BCUT2D eigenvalue weighted by Gasteiger charge is -2.85. The highest BCUT2D eigenvalue weighted by molar-refractivity contribution is 5.68. The summed E-state index contributed by atoms with van der Waals surface area (Å²) in [6, 6.07) is 8.68. The molecule has 2 heterocycles. The van der Waals surface area contributed by atoms with Crippen LogP contribution in [0, 0.1) is 22.7 Å². The van der Waals surface area contributed by atoms with E-state index in [4.69, 9.17) is 0 Å².